The van der Waals surface area contributed by atoms with Gasteiger partial charge >= 0.3 is 6.09 Å². The van der Waals surface area contributed by atoms with Gasteiger partial charge in [0, 0.05) is 50.2 Å². The van der Waals surface area contributed by atoms with E-state index in [-0.39, 0.29) is 0 Å². The van der Waals surface area contributed by atoms with Crippen molar-refractivity contribution in [1.82, 2.24) is 20.2 Å². The first-order chi connectivity index (χ1) is 25.7. The SMILES string of the molecule is CCCCCCNc1nc(NC2CCN(CCOCCOCCOCCOCCOCCNC(=O)OC(C)(C)C)CC2)c2cc(OC)c(OC)cc2n1. The summed E-state index contributed by atoms with van der Waals surface area (Å²) in [5.74, 6) is 2.75. The van der Waals surface area contributed by atoms with Crippen molar-refractivity contribution in [2.45, 2.75) is 77.9 Å². The molecule has 1 saturated heterocycles. The lowest BCUT2D eigenvalue weighted by Crippen LogP contribution is -2.40. The monoisotopic (exact) mass is 750 g/mol. The molecule has 1 aliphatic heterocycles. The number of fused-ring (bicyclic) bond motifs is 1. The van der Waals surface area contributed by atoms with Crippen molar-refractivity contribution < 1.29 is 42.7 Å². The second-order valence-corrected chi connectivity index (χ2v) is 13.9. The van der Waals surface area contributed by atoms with E-state index in [1.165, 1.54) is 19.3 Å². The number of nitrogens with zero attached hydrogens (tertiary/aromatic N) is 3. The number of rotatable bonds is 28. The molecule has 0 saturated carbocycles. The Morgan fingerprint density at radius 1 is 0.774 bits per heavy atom. The Labute approximate surface area is 316 Å². The molecule has 0 atom stereocenters. The summed E-state index contributed by atoms with van der Waals surface area (Å²) in [6, 6.07) is 4.18. The van der Waals surface area contributed by atoms with Crippen LogP contribution in [0.2, 0.25) is 0 Å². The number of benzene rings is 1. The van der Waals surface area contributed by atoms with Gasteiger partial charge in [0.15, 0.2) is 11.5 Å². The van der Waals surface area contributed by atoms with Crippen molar-refractivity contribution in [2.24, 2.45) is 0 Å². The number of unbranched alkanes of at least 4 members (excludes halogenated alkanes) is 3. The van der Waals surface area contributed by atoms with E-state index >= 15 is 0 Å². The molecule has 15 heteroatoms. The number of nitrogens with one attached hydrogen (secondary N) is 3. The van der Waals surface area contributed by atoms with Crippen molar-refractivity contribution in [3.05, 3.63) is 12.1 Å². The van der Waals surface area contributed by atoms with Crippen LogP contribution < -0.4 is 25.4 Å². The van der Waals surface area contributed by atoms with E-state index in [0.717, 1.165) is 62.2 Å². The van der Waals surface area contributed by atoms with E-state index in [4.69, 9.17) is 47.9 Å². The normalized spacial score (nSPS) is 14.0. The molecule has 1 aromatic carbocycles. The van der Waals surface area contributed by atoms with Crippen molar-refractivity contribution >= 4 is 28.8 Å². The Hall–Kier alpha value is -3.21. The maximum absolute atomic E-state index is 11.6. The molecule has 1 aliphatic rings. The Bertz CT molecular complexity index is 1290. The zero-order valence-electron chi connectivity index (χ0n) is 33.1. The smallest absolute Gasteiger partial charge is 0.407 e. The quantitative estimate of drug-likeness (QED) is 0.0985. The van der Waals surface area contributed by atoms with Crippen molar-refractivity contribution in [1.29, 1.82) is 0 Å². The van der Waals surface area contributed by atoms with E-state index in [1.807, 2.05) is 32.9 Å². The predicted octanol–water partition coefficient (Wildman–Crippen LogP) is 5.12. The molecule has 3 rings (SSSR count). The van der Waals surface area contributed by atoms with Gasteiger partial charge in [0.05, 0.1) is 85.8 Å². The highest BCUT2D eigenvalue weighted by atomic mass is 16.6. The van der Waals surface area contributed by atoms with Gasteiger partial charge < -0.3 is 58.7 Å². The fourth-order valence-corrected chi connectivity index (χ4v) is 5.61. The fraction of sp³-hybridized carbons (Fsp3) is 0.763. The van der Waals surface area contributed by atoms with Gasteiger partial charge in [-0.1, -0.05) is 26.2 Å². The highest BCUT2D eigenvalue weighted by Crippen LogP contribution is 2.35. The number of carbonyl (C=O) groups is 1. The summed E-state index contributed by atoms with van der Waals surface area (Å²) in [4.78, 5) is 23.7. The minimum absolute atomic E-state index is 0.304. The molecule has 0 aliphatic carbocycles. The number of piperidine rings is 1. The summed E-state index contributed by atoms with van der Waals surface area (Å²) in [5.41, 5.74) is 0.303. The number of alkyl carbamates (subject to hydrolysis) is 1. The minimum atomic E-state index is -0.512. The summed E-state index contributed by atoms with van der Waals surface area (Å²) < 4.78 is 44.2. The van der Waals surface area contributed by atoms with Crippen LogP contribution in [0.4, 0.5) is 16.6 Å². The summed E-state index contributed by atoms with van der Waals surface area (Å²) in [6.07, 6.45) is 6.29. The average molecular weight is 751 g/mol. The Kier molecular flexibility index (Phi) is 21.5. The molecular weight excluding hydrogens is 684 g/mol. The first-order valence-electron chi connectivity index (χ1n) is 19.2. The highest BCUT2D eigenvalue weighted by molar-refractivity contribution is 5.92. The second kappa shape index (κ2) is 25.7. The largest absolute Gasteiger partial charge is 0.493 e. The first-order valence-corrected chi connectivity index (χ1v) is 19.2. The van der Waals surface area contributed by atoms with Crippen LogP contribution in [0.5, 0.6) is 11.5 Å². The van der Waals surface area contributed by atoms with Gasteiger partial charge in [-0.3, -0.25) is 0 Å². The van der Waals surface area contributed by atoms with E-state index < -0.39 is 11.7 Å². The number of carbonyl (C=O) groups excluding carboxylic acids is 1. The maximum Gasteiger partial charge on any atom is 0.407 e. The summed E-state index contributed by atoms with van der Waals surface area (Å²) in [7, 11) is 3.28. The molecule has 53 heavy (non-hydrogen) atoms. The van der Waals surface area contributed by atoms with Gasteiger partial charge in [0.1, 0.15) is 11.4 Å². The zero-order valence-corrected chi connectivity index (χ0v) is 33.1. The second-order valence-electron chi connectivity index (χ2n) is 13.9. The molecule has 0 radical (unpaired) electrons. The van der Waals surface area contributed by atoms with Gasteiger partial charge in [0.25, 0.3) is 0 Å². The van der Waals surface area contributed by atoms with Gasteiger partial charge in [-0.05, 0) is 46.1 Å². The van der Waals surface area contributed by atoms with Gasteiger partial charge in [0.2, 0.25) is 5.95 Å². The molecule has 1 aromatic heterocycles. The number of amides is 1. The van der Waals surface area contributed by atoms with Crippen LogP contribution in [0.1, 0.15) is 66.2 Å². The molecule has 0 spiro atoms. The van der Waals surface area contributed by atoms with E-state index in [1.54, 1.807) is 14.2 Å². The summed E-state index contributed by atoms with van der Waals surface area (Å²) in [6.45, 7) is 16.8. The summed E-state index contributed by atoms with van der Waals surface area (Å²) in [5, 5.41) is 10.7. The number of hydrogen-bond acceptors (Lipinski definition) is 14. The molecule has 0 unspecified atom stereocenters. The first kappa shape index (κ1) is 44.2. The van der Waals surface area contributed by atoms with Crippen LogP contribution in [0.15, 0.2) is 12.1 Å². The van der Waals surface area contributed by atoms with Crippen LogP contribution >= 0.6 is 0 Å². The van der Waals surface area contributed by atoms with E-state index in [0.29, 0.717) is 96.1 Å². The minimum Gasteiger partial charge on any atom is -0.493 e. The number of methoxy groups -OCH3 is 2. The lowest BCUT2D eigenvalue weighted by molar-refractivity contribution is -0.0124. The molecule has 1 amide bonds. The maximum atomic E-state index is 11.6. The van der Waals surface area contributed by atoms with Crippen LogP contribution in [0.25, 0.3) is 10.9 Å². The molecule has 0 bridgehead atoms. The molecule has 15 nitrogen and oxygen atoms in total. The van der Waals surface area contributed by atoms with E-state index in [2.05, 4.69) is 27.8 Å². The third-order valence-corrected chi connectivity index (χ3v) is 8.40. The molecule has 3 N–H and O–H groups in total. The predicted molar refractivity (Wildman–Crippen MR) is 207 cm³/mol. The highest BCUT2D eigenvalue weighted by Gasteiger charge is 2.22. The average Bonchev–Trinajstić information content (AvgIpc) is 3.13. The molecule has 2 heterocycles. The van der Waals surface area contributed by atoms with Gasteiger partial charge in [-0.2, -0.15) is 4.98 Å². The number of hydrogen-bond donors (Lipinski definition) is 3. The Morgan fingerprint density at radius 3 is 1.94 bits per heavy atom. The molecule has 2 aromatic rings. The third kappa shape index (κ3) is 18.6. The fourth-order valence-electron chi connectivity index (χ4n) is 5.61. The van der Waals surface area contributed by atoms with Gasteiger partial charge in [-0.15, -0.1) is 0 Å². The van der Waals surface area contributed by atoms with E-state index in [9.17, 15) is 4.79 Å². The van der Waals surface area contributed by atoms with Crippen LogP contribution in [-0.2, 0) is 28.4 Å². The Balaban J connectivity index is 1.21. The molecule has 302 valence electrons. The van der Waals surface area contributed by atoms with Crippen LogP contribution in [0, 0.1) is 0 Å². The number of likely N-dealkylation sites (tertiary alicyclic amines) is 1. The lowest BCUT2D eigenvalue weighted by atomic mass is 10.0. The number of anilines is 2. The topological polar surface area (TPSA) is 156 Å². The Morgan fingerprint density at radius 2 is 1.36 bits per heavy atom. The third-order valence-electron chi connectivity index (χ3n) is 8.40. The van der Waals surface area contributed by atoms with Crippen LogP contribution in [0.3, 0.4) is 0 Å². The number of aromatic nitrogens is 2. The van der Waals surface area contributed by atoms with Crippen molar-refractivity contribution in [2.75, 3.05) is 124 Å². The summed E-state index contributed by atoms with van der Waals surface area (Å²) >= 11 is 0. The zero-order chi connectivity index (χ0) is 38.2. The lowest BCUT2D eigenvalue weighted by Gasteiger charge is -2.32. The molecule has 1 fully saturated rings. The van der Waals surface area contributed by atoms with Crippen molar-refractivity contribution in [3.8, 4) is 11.5 Å². The van der Waals surface area contributed by atoms with Crippen molar-refractivity contribution in [3.63, 3.8) is 0 Å². The number of ether oxygens (including phenoxy) is 8. The van der Waals surface area contributed by atoms with Crippen LogP contribution in [-0.4, -0.2) is 146 Å². The van der Waals surface area contributed by atoms with Gasteiger partial charge in [-0.25, -0.2) is 9.78 Å². The molecular formula is C38H66N6O9. The standard InChI is InChI=1S/C38H66N6O9/c1-7-8-9-10-13-39-36-42-32-29-34(47-6)33(46-5)28-31(32)35(43-36)41-30-11-15-44(16-12-30)17-19-49-21-23-51-25-27-52-26-24-50-22-20-48-18-14-40-37(45)53-38(2,3)4/h28-30H,7-27H2,1-6H3,(H,40,45)(H2,39,41,42,43).